The van der Waals surface area contributed by atoms with Crippen LogP contribution in [0.3, 0.4) is 0 Å². The highest BCUT2D eigenvalue weighted by Crippen LogP contribution is 2.33. The lowest BCUT2D eigenvalue weighted by Crippen LogP contribution is -2.58. The van der Waals surface area contributed by atoms with Crippen molar-refractivity contribution in [2.75, 3.05) is 16.8 Å². The molecule has 30 heavy (non-hydrogen) atoms. The molecule has 4 amide bonds. The number of rotatable bonds is 3. The number of benzene rings is 2. The smallest absolute Gasteiger partial charge is 0.336 e. The summed E-state index contributed by atoms with van der Waals surface area (Å²) >= 11 is 5.65. The molecule has 0 radical (unpaired) electrons. The number of alkyl halides is 3. The van der Waals surface area contributed by atoms with E-state index >= 15 is 0 Å². The van der Waals surface area contributed by atoms with E-state index in [0.29, 0.717) is 17.0 Å². The second-order valence-electron chi connectivity index (χ2n) is 6.19. The van der Waals surface area contributed by atoms with Gasteiger partial charge < -0.3 is 10.6 Å². The van der Waals surface area contributed by atoms with Gasteiger partial charge in [-0.2, -0.15) is 13.2 Å². The molecule has 12 heteroatoms. The van der Waals surface area contributed by atoms with Gasteiger partial charge in [-0.25, -0.2) is 18.5 Å². The van der Waals surface area contributed by atoms with E-state index in [2.05, 4.69) is 10.6 Å². The number of urea groups is 1. The van der Waals surface area contributed by atoms with Gasteiger partial charge >= 0.3 is 12.2 Å². The third-order valence-electron chi connectivity index (χ3n) is 4.20. The van der Waals surface area contributed by atoms with Crippen molar-refractivity contribution in [3.8, 4) is 0 Å². The first kappa shape index (κ1) is 21.5. The molecule has 3 rings (SSSR count). The maximum Gasteiger partial charge on any atom is 0.419 e. The lowest BCUT2D eigenvalue weighted by Gasteiger charge is -2.30. The summed E-state index contributed by atoms with van der Waals surface area (Å²) in [7, 11) is 0. The Balaban J connectivity index is 1.84. The Morgan fingerprint density at radius 3 is 2.40 bits per heavy atom. The van der Waals surface area contributed by atoms with Crippen LogP contribution in [-0.2, 0) is 15.8 Å². The van der Waals surface area contributed by atoms with E-state index in [0.717, 1.165) is 24.3 Å². The second-order valence-corrected chi connectivity index (χ2v) is 6.60. The minimum Gasteiger partial charge on any atom is -0.336 e. The SMILES string of the molecule is O=C(Nc1ccc(F)c(C(F)(F)F)c1)C1CNC(=O)N(c2ccc(F)c(Cl)c2)C1=O. The van der Waals surface area contributed by atoms with Crippen LogP contribution in [0.4, 0.5) is 38.1 Å². The zero-order chi connectivity index (χ0) is 22.2. The van der Waals surface area contributed by atoms with Crippen molar-refractivity contribution in [3.63, 3.8) is 0 Å². The molecule has 1 aliphatic heterocycles. The molecule has 0 spiro atoms. The zero-order valence-electron chi connectivity index (χ0n) is 14.7. The van der Waals surface area contributed by atoms with Crippen LogP contribution in [0.2, 0.25) is 5.02 Å². The van der Waals surface area contributed by atoms with Crippen molar-refractivity contribution in [1.29, 1.82) is 0 Å². The number of halogens is 6. The summed E-state index contributed by atoms with van der Waals surface area (Å²) in [4.78, 5) is 37.8. The third-order valence-corrected chi connectivity index (χ3v) is 4.49. The molecule has 0 aromatic heterocycles. The van der Waals surface area contributed by atoms with Gasteiger partial charge in [0.1, 0.15) is 17.6 Å². The quantitative estimate of drug-likeness (QED) is 0.552. The summed E-state index contributed by atoms with van der Waals surface area (Å²) in [5.41, 5.74) is -2.09. The van der Waals surface area contributed by atoms with E-state index in [9.17, 15) is 36.3 Å². The number of hydrogen-bond donors (Lipinski definition) is 2. The number of nitrogens with zero attached hydrogens (tertiary/aromatic N) is 1. The highest BCUT2D eigenvalue weighted by atomic mass is 35.5. The fraction of sp³-hybridized carbons (Fsp3) is 0.167. The van der Waals surface area contributed by atoms with E-state index < -0.39 is 59.4 Å². The van der Waals surface area contributed by atoms with Gasteiger partial charge in [-0.1, -0.05) is 11.6 Å². The first-order chi connectivity index (χ1) is 14.0. The standard InChI is InChI=1S/C18H11ClF5N3O3/c19-12-6-9(2-4-14(12)21)27-16(29)10(7-25-17(27)30)15(28)26-8-1-3-13(20)11(5-8)18(22,23)24/h1-6,10H,7H2,(H,25,30)(H,26,28). The van der Waals surface area contributed by atoms with Crippen molar-refractivity contribution >= 4 is 40.8 Å². The Morgan fingerprint density at radius 2 is 1.77 bits per heavy atom. The Morgan fingerprint density at radius 1 is 1.10 bits per heavy atom. The topological polar surface area (TPSA) is 78.5 Å². The van der Waals surface area contributed by atoms with Crippen molar-refractivity contribution in [2.24, 2.45) is 5.92 Å². The fourth-order valence-corrected chi connectivity index (χ4v) is 2.91. The summed E-state index contributed by atoms with van der Waals surface area (Å²) in [5.74, 6) is -5.86. The molecule has 6 nitrogen and oxygen atoms in total. The van der Waals surface area contributed by atoms with Crippen LogP contribution in [0.5, 0.6) is 0 Å². The highest BCUT2D eigenvalue weighted by Gasteiger charge is 2.40. The molecule has 1 aliphatic rings. The first-order valence-corrected chi connectivity index (χ1v) is 8.61. The lowest BCUT2D eigenvalue weighted by molar-refractivity contribution is -0.140. The molecular formula is C18H11ClF5N3O3. The van der Waals surface area contributed by atoms with Crippen LogP contribution in [0.1, 0.15) is 5.56 Å². The molecule has 1 unspecified atom stereocenters. The number of carbonyl (C=O) groups excluding carboxylic acids is 3. The van der Waals surface area contributed by atoms with Gasteiger partial charge in [0.2, 0.25) is 11.8 Å². The summed E-state index contributed by atoms with van der Waals surface area (Å²) in [6.45, 7) is -0.428. The number of anilines is 2. The van der Waals surface area contributed by atoms with Gasteiger partial charge in [-0.05, 0) is 36.4 Å². The zero-order valence-corrected chi connectivity index (χ0v) is 15.4. The molecule has 1 fully saturated rings. The van der Waals surface area contributed by atoms with Crippen molar-refractivity contribution < 1.29 is 36.3 Å². The van der Waals surface area contributed by atoms with Gasteiger partial charge in [-0.3, -0.25) is 9.59 Å². The lowest BCUT2D eigenvalue weighted by atomic mass is 10.0. The average Bonchev–Trinajstić information content (AvgIpc) is 2.65. The second kappa shape index (κ2) is 7.90. The predicted molar refractivity (Wildman–Crippen MR) is 95.8 cm³/mol. The van der Waals surface area contributed by atoms with Gasteiger partial charge in [0, 0.05) is 12.2 Å². The molecule has 2 N–H and O–H groups in total. The molecular weight excluding hydrogens is 437 g/mol. The van der Waals surface area contributed by atoms with Crippen molar-refractivity contribution in [3.05, 3.63) is 58.6 Å². The van der Waals surface area contributed by atoms with E-state index in [1.165, 1.54) is 0 Å². The van der Waals surface area contributed by atoms with E-state index in [4.69, 9.17) is 11.6 Å². The van der Waals surface area contributed by atoms with Gasteiger partial charge in [0.05, 0.1) is 16.3 Å². The van der Waals surface area contributed by atoms with Crippen molar-refractivity contribution in [2.45, 2.75) is 6.18 Å². The maximum absolute atomic E-state index is 13.4. The summed E-state index contributed by atoms with van der Waals surface area (Å²) in [6, 6.07) is 3.92. The largest absolute Gasteiger partial charge is 0.419 e. The molecule has 1 heterocycles. The number of hydrogen-bond acceptors (Lipinski definition) is 3. The number of imide groups is 1. The van der Waals surface area contributed by atoms with E-state index in [1.54, 1.807) is 0 Å². The molecule has 1 atom stereocenters. The summed E-state index contributed by atoms with van der Waals surface area (Å²) < 4.78 is 65.2. The first-order valence-electron chi connectivity index (χ1n) is 8.23. The molecule has 2 aromatic rings. The van der Waals surface area contributed by atoms with Crippen molar-refractivity contribution in [1.82, 2.24) is 5.32 Å². The van der Waals surface area contributed by atoms with Crippen LogP contribution < -0.4 is 15.5 Å². The maximum atomic E-state index is 13.4. The molecule has 0 aliphatic carbocycles. The monoisotopic (exact) mass is 447 g/mol. The minimum absolute atomic E-state index is 0.109. The van der Waals surface area contributed by atoms with Crippen LogP contribution >= 0.6 is 11.6 Å². The van der Waals surface area contributed by atoms with Crippen LogP contribution in [0.15, 0.2) is 36.4 Å². The minimum atomic E-state index is -4.99. The molecule has 158 valence electrons. The van der Waals surface area contributed by atoms with Gasteiger partial charge in [-0.15, -0.1) is 0 Å². The van der Waals surface area contributed by atoms with Gasteiger partial charge in [0.25, 0.3) is 0 Å². The molecule has 1 saturated heterocycles. The van der Waals surface area contributed by atoms with Gasteiger partial charge in [0.15, 0.2) is 0 Å². The molecule has 2 aromatic carbocycles. The van der Waals surface area contributed by atoms with E-state index in [-0.39, 0.29) is 10.7 Å². The van der Waals surface area contributed by atoms with Crippen LogP contribution in [0, 0.1) is 17.6 Å². The average molecular weight is 448 g/mol. The normalized spacial score (nSPS) is 17.0. The number of amides is 4. The molecule has 0 saturated carbocycles. The Kier molecular flexibility index (Phi) is 5.66. The Hall–Kier alpha value is -3.21. The highest BCUT2D eigenvalue weighted by molar-refractivity contribution is 6.31. The Labute approximate surface area is 170 Å². The summed E-state index contributed by atoms with van der Waals surface area (Å²) in [5, 5.41) is 4.01. The Bertz CT molecular complexity index is 1040. The fourth-order valence-electron chi connectivity index (χ4n) is 2.73. The van der Waals surface area contributed by atoms with E-state index in [1.807, 2.05) is 0 Å². The number of nitrogens with one attached hydrogen (secondary N) is 2. The van der Waals surface area contributed by atoms with Crippen LogP contribution in [-0.4, -0.2) is 24.4 Å². The van der Waals surface area contributed by atoms with Crippen LogP contribution in [0.25, 0.3) is 0 Å². The third kappa shape index (κ3) is 4.20. The predicted octanol–water partition coefficient (Wildman–Crippen LogP) is 3.95. The number of carbonyl (C=O) groups is 3. The summed E-state index contributed by atoms with van der Waals surface area (Å²) in [6.07, 6.45) is -4.99. The molecule has 0 bridgehead atoms.